The molecular weight excluding hydrogens is 172 g/mol. The first kappa shape index (κ1) is 13.2. The molecule has 0 aliphatic carbocycles. The first-order chi connectivity index (χ1) is 6.02. The van der Waals surface area contributed by atoms with Gasteiger partial charge in [0.1, 0.15) is 0 Å². The summed E-state index contributed by atoms with van der Waals surface area (Å²) in [5.74, 6) is 0. The van der Waals surface area contributed by atoms with Gasteiger partial charge in [-0.1, -0.05) is 72.4 Å². The van der Waals surface area contributed by atoms with E-state index in [0.717, 1.165) is 0 Å². The van der Waals surface area contributed by atoms with Crippen LogP contribution in [0.2, 0.25) is 17.1 Å². The van der Waals surface area contributed by atoms with Crippen LogP contribution >= 0.6 is 0 Å². The van der Waals surface area contributed by atoms with Crippen molar-refractivity contribution in [1.29, 1.82) is 0 Å². The van der Waals surface area contributed by atoms with E-state index in [1.807, 2.05) is 0 Å². The van der Waals surface area contributed by atoms with Gasteiger partial charge in [0.15, 0.2) is 0 Å². The Bertz CT molecular complexity index is 105. The summed E-state index contributed by atoms with van der Waals surface area (Å²) < 4.78 is 0. The summed E-state index contributed by atoms with van der Waals surface area (Å²) in [7, 11) is -0.0854. The van der Waals surface area contributed by atoms with Crippen LogP contribution in [-0.4, -0.2) is 8.80 Å². The van der Waals surface area contributed by atoms with Crippen LogP contribution in [-0.2, 0) is 0 Å². The van der Waals surface area contributed by atoms with Gasteiger partial charge < -0.3 is 0 Å². The van der Waals surface area contributed by atoms with Gasteiger partial charge in [0.2, 0.25) is 0 Å². The first-order valence-corrected chi connectivity index (χ1v) is 7.79. The molecule has 0 bridgehead atoms. The number of hydrogen-bond donors (Lipinski definition) is 0. The molecule has 0 unspecified atom stereocenters. The molecule has 1 heteroatoms. The van der Waals surface area contributed by atoms with Crippen molar-refractivity contribution in [2.45, 2.75) is 77.4 Å². The Labute approximate surface area is 86.7 Å². The van der Waals surface area contributed by atoms with Gasteiger partial charge in [-0.3, -0.25) is 0 Å². The van der Waals surface area contributed by atoms with E-state index in [9.17, 15) is 0 Å². The largest absolute Gasteiger partial charge is 0.0654 e. The van der Waals surface area contributed by atoms with Crippen LogP contribution < -0.4 is 0 Å². The van der Waals surface area contributed by atoms with Crippen molar-refractivity contribution in [2.75, 3.05) is 0 Å². The van der Waals surface area contributed by atoms with E-state index in [1.165, 1.54) is 37.8 Å². The Morgan fingerprint density at radius 1 is 0.846 bits per heavy atom. The zero-order chi connectivity index (χ0) is 10.3. The van der Waals surface area contributed by atoms with Crippen molar-refractivity contribution in [3.05, 3.63) is 0 Å². The molecule has 1 radical (unpaired) electrons. The maximum atomic E-state index is 2.44. The molecule has 13 heavy (non-hydrogen) atoms. The zero-order valence-corrected chi connectivity index (χ0v) is 11.2. The number of rotatable bonds is 6. The van der Waals surface area contributed by atoms with Crippen LogP contribution in [0.1, 0.15) is 60.3 Å². The fourth-order valence-electron chi connectivity index (χ4n) is 1.66. The fourth-order valence-corrected chi connectivity index (χ4v) is 4.97. The van der Waals surface area contributed by atoms with Gasteiger partial charge in [-0.2, -0.15) is 0 Å². The lowest BCUT2D eigenvalue weighted by molar-refractivity contribution is 0.701. The van der Waals surface area contributed by atoms with Crippen molar-refractivity contribution in [2.24, 2.45) is 0 Å². The molecule has 0 nitrogen and oxygen atoms in total. The Morgan fingerprint density at radius 2 is 1.23 bits per heavy atom. The standard InChI is InChI=1S/C12H27Si/c1-6-8-10-13(11-9-7-2)12(3,4)5/h6-11H2,1-5H3. The second-order valence-electron chi connectivity index (χ2n) is 5.06. The summed E-state index contributed by atoms with van der Waals surface area (Å²) in [6.45, 7) is 11.9. The van der Waals surface area contributed by atoms with Crippen molar-refractivity contribution in [3.63, 3.8) is 0 Å². The van der Waals surface area contributed by atoms with Gasteiger partial charge in [0.05, 0.1) is 8.80 Å². The van der Waals surface area contributed by atoms with E-state index >= 15 is 0 Å². The molecule has 0 amide bonds. The molecule has 0 saturated heterocycles. The monoisotopic (exact) mass is 199 g/mol. The second-order valence-corrected chi connectivity index (χ2v) is 8.77. The van der Waals surface area contributed by atoms with E-state index in [-0.39, 0.29) is 8.80 Å². The molecule has 0 spiro atoms. The minimum absolute atomic E-state index is 0.0854. The molecule has 0 rings (SSSR count). The highest BCUT2D eigenvalue weighted by Crippen LogP contribution is 2.33. The zero-order valence-electron chi connectivity index (χ0n) is 10.2. The first-order valence-electron chi connectivity index (χ1n) is 5.87. The molecule has 0 fully saturated rings. The van der Waals surface area contributed by atoms with E-state index in [4.69, 9.17) is 0 Å². The maximum Gasteiger partial charge on any atom is 0.0537 e. The summed E-state index contributed by atoms with van der Waals surface area (Å²) in [5.41, 5.74) is 0. The van der Waals surface area contributed by atoms with Gasteiger partial charge in [0, 0.05) is 0 Å². The Hall–Kier alpha value is 0.217. The summed E-state index contributed by atoms with van der Waals surface area (Å²) in [4.78, 5) is 0. The average Bonchev–Trinajstić information content (AvgIpc) is 2.02. The summed E-state index contributed by atoms with van der Waals surface area (Å²) in [5, 5.41) is 0.620. The summed E-state index contributed by atoms with van der Waals surface area (Å²) >= 11 is 0. The van der Waals surface area contributed by atoms with Crippen LogP contribution in [0.15, 0.2) is 0 Å². The topological polar surface area (TPSA) is 0 Å². The van der Waals surface area contributed by atoms with Crippen molar-refractivity contribution in [1.82, 2.24) is 0 Å². The van der Waals surface area contributed by atoms with Crippen LogP contribution in [0, 0.1) is 0 Å². The quantitative estimate of drug-likeness (QED) is 0.535. The lowest BCUT2D eigenvalue weighted by Crippen LogP contribution is -2.24. The summed E-state index contributed by atoms with van der Waals surface area (Å²) in [6.07, 6.45) is 5.65. The highest BCUT2D eigenvalue weighted by molar-refractivity contribution is 6.62. The molecule has 0 aliphatic heterocycles. The second kappa shape index (κ2) is 6.64. The highest BCUT2D eigenvalue weighted by atomic mass is 28.3. The molecule has 0 aromatic heterocycles. The lowest BCUT2D eigenvalue weighted by atomic mass is 10.2. The van der Waals surface area contributed by atoms with Gasteiger partial charge in [-0.05, 0) is 5.04 Å². The van der Waals surface area contributed by atoms with Gasteiger partial charge in [-0.25, -0.2) is 0 Å². The van der Waals surface area contributed by atoms with Gasteiger partial charge in [0.25, 0.3) is 0 Å². The van der Waals surface area contributed by atoms with E-state index < -0.39 is 0 Å². The van der Waals surface area contributed by atoms with Gasteiger partial charge >= 0.3 is 0 Å². The molecular formula is C12H27Si. The predicted octanol–water partition coefficient (Wildman–Crippen LogP) is 4.88. The minimum Gasteiger partial charge on any atom is -0.0654 e. The molecule has 0 aromatic carbocycles. The van der Waals surface area contributed by atoms with Crippen molar-refractivity contribution < 1.29 is 0 Å². The highest BCUT2D eigenvalue weighted by Gasteiger charge is 2.24. The lowest BCUT2D eigenvalue weighted by Gasteiger charge is -2.29. The molecule has 0 saturated carbocycles. The third kappa shape index (κ3) is 6.31. The van der Waals surface area contributed by atoms with Gasteiger partial charge in [-0.15, -0.1) is 0 Å². The molecule has 0 atom stereocenters. The van der Waals surface area contributed by atoms with Crippen molar-refractivity contribution >= 4 is 8.80 Å². The Kier molecular flexibility index (Phi) is 6.75. The van der Waals surface area contributed by atoms with Crippen LogP contribution in [0.3, 0.4) is 0 Å². The molecule has 0 N–H and O–H groups in total. The SMILES string of the molecule is CCCC[Si](CCCC)C(C)(C)C. The smallest absolute Gasteiger partial charge is 0.0537 e. The van der Waals surface area contributed by atoms with Crippen LogP contribution in [0.5, 0.6) is 0 Å². The minimum atomic E-state index is -0.0854. The van der Waals surface area contributed by atoms with E-state index in [2.05, 4.69) is 34.6 Å². The predicted molar refractivity (Wildman–Crippen MR) is 64.9 cm³/mol. The van der Waals surface area contributed by atoms with E-state index in [0.29, 0.717) is 5.04 Å². The average molecular weight is 199 g/mol. The fraction of sp³-hybridized carbons (Fsp3) is 1.00. The Balaban J connectivity index is 3.88. The molecule has 0 aromatic rings. The van der Waals surface area contributed by atoms with Crippen LogP contribution in [0.25, 0.3) is 0 Å². The van der Waals surface area contributed by atoms with Crippen LogP contribution in [0.4, 0.5) is 0 Å². The third-order valence-electron chi connectivity index (χ3n) is 2.72. The maximum absolute atomic E-state index is 2.44. The normalized spacial score (nSPS) is 12.5. The van der Waals surface area contributed by atoms with Crippen molar-refractivity contribution in [3.8, 4) is 0 Å². The molecule has 79 valence electrons. The summed E-state index contributed by atoms with van der Waals surface area (Å²) in [6, 6.07) is 3.06. The number of hydrogen-bond acceptors (Lipinski definition) is 0. The third-order valence-corrected chi connectivity index (χ3v) is 6.76. The Morgan fingerprint density at radius 3 is 1.46 bits per heavy atom. The van der Waals surface area contributed by atoms with E-state index in [1.54, 1.807) is 0 Å². The number of unbranched alkanes of at least 4 members (excludes halogenated alkanes) is 2. The molecule has 0 heterocycles. The molecule has 0 aliphatic rings.